The lowest BCUT2D eigenvalue weighted by atomic mass is 10.2. The van der Waals surface area contributed by atoms with E-state index in [2.05, 4.69) is 0 Å². The number of hydrogen-bond acceptors (Lipinski definition) is 4. The Labute approximate surface area is 126 Å². The molecule has 0 aliphatic heterocycles. The van der Waals surface area contributed by atoms with Gasteiger partial charge in [0.1, 0.15) is 5.75 Å². The summed E-state index contributed by atoms with van der Waals surface area (Å²) in [6.07, 6.45) is 3.33. The van der Waals surface area contributed by atoms with Gasteiger partial charge in [0.15, 0.2) is 0 Å². The SMILES string of the molecule is COCCN(CCOC)C(=O)/C=C/c1cccc(OC)c1. The fourth-order valence-electron chi connectivity index (χ4n) is 1.75. The first-order chi connectivity index (χ1) is 10.2. The van der Waals surface area contributed by atoms with Crippen molar-refractivity contribution in [3.63, 3.8) is 0 Å². The first-order valence-corrected chi connectivity index (χ1v) is 6.80. The Bertz CT molecular complexity index is 451. The molecular formula is C16H23NO4. The molecule has 5 nitrogen and oxygen atoms in total. The number of amides is 1. The lowest BCUT2D eigenvalue weighted by Gasteiger charge is -2.20. The van der Waals surface area contributed by atoms with Gasteiger partial charge >= 0.3 is 0 Å². The van der Waals surface area contributed by atoms with Crippen LogP contribution in [-0.2, 0) is 14.3 Å². The standard InChI is InChI=1S/C16H23NO4/c1-19-11-9-17(10-12-20-2)16(18)8-7-14-5-4-6-15(13-14)21-3/h4-8,13H,9-12H2,1-3H3/b8-7+. The Hall–Kier alpha value is -1.85. The summed E-state index contributed by atoms with van der Waals surface area (Å²) in [5, 5.41) is 0. The quantitative estimate of drug-likeness (QED) is 0.652. The summed E-state index contributed by atoms with van der Waals surface area (Å²) in [4.78, 5) is 13.9. The van der Waals surface area contributed by atoms with Crippen LogP contribution in [0.2, 0.25) is 0 Å². The Morgan fingerprint density at radius 1 is 1.14 bits per heavy atom. The number of methoxy groups -OCH3 is 3. The number of carbonyl (C=O) groups excluding carboxylic acids is 1. The summed E-state index contributed by atoms with van der Waals surface area (Å²) < 4.78 is 15.2. The maximum atomic E-state index is 12.2. The molecule has 1 rings (SSSR count). The lowest BCUT2D eigenvalue weighted by molar-refractivity contribution is -0.127. The molecule has 21 heavy (non-hydrogen) atoms. The third-order valence-corrected chi connectivity index (χ3v) is 2.95. The predicted molar refractivity (Wildman–Crippen MR) is 82.4 cm³/mol. The van der Waals surface area contributed by atoms with E-state index in [1.165, 1.54) is 0 Å². The van der Waals surface area contributed by atoms with Gasteiger partial charge in [0, 0.05) is 33.4 Å². The van der Waals surface area contributed by atoms with Crippen LogP contribution in [-0.4, -0.2) is 58.4 Å². The third kappa shape index (κ3) is 6.42. The van der Waals surface area contributed by atoms with Crippen molar-refractivity contribution in [2.24, 2.45) is 0 Å². The first kappa shape index (κ1) is 17.2. The van der Waals surface area contributed by atoms with Crippen molar-refractivity contribution in [1.29, 1.82) is 0 Å². The topological polar surface area (TPSA) is 48.0 Å². The molecular weight excluding hydrogens is 270 g/mol. The van der Waals surface area contributed by atoms with Crippen LogP contribution in [0.25, 0.3) is 6.08 Å². The van der Waals surface area contributed by atoms with Crippen LogP contribution in [0.4, 0.5) is 0 Å². The van der Waals surface area contributed by atoms with E-state index in [1.54, 1.807) is 38.4 Å². The van der Waals surface area contributed by atoms with E-state index in [0.29, 0.717) is 26.3 Å². The molecule has 0 N–H and O–H groups in total. The molecule has 0 aliphatic rings. The van der Waals surface area contributed by atoms with Crippen LogP contribution in [0.3, 0.4) is 0 Å². The summed E-state index contributed by atoms with van der Waals surface area (Å²) in [6, 6.07) is 7.54. The number of benzene rings is 1. The molecule has 5 heteroatoms. The Kier molecular flexibility index (Phi) is 8.16. The van der Waals surface area contributed by atoms with Gasteiger partial charge in [-0.3, -0.25) is 4.79 Å². The second-order valence-corrected chi connectivity index (χ2v) is 4.42. The van der Waals surface area contributed by atoms with E-state index in [9.17, 15) is 4.79 Å². The summed E-state index contributed by atoms with van der Waals surface area (Å²) in [5.41, 5.74) is 0.918. The highest BCUT2D eigenvalue weighted by molar-refractivity contribution is 5.91. The van der Waals surface area contributed by atoms with Gasteiger partial charge in [0.05, 0.1) is 20.3 Å². The Morgan fingerprint density at radius 2 is 1.81 bits per heavy atom. The molecule has 0 heterocycles. The Morgan fingerprint density at radius 3 is 2.38 bits per heavy atom. The summed E-state index contributed by atoms with van der Waals surface area (Å²) in [5.74, 6) is 0.701. The zero-order valence-electron chi connectivity index (χ0n) is 12.9. The minimum absolute atomic E-state index is 0.0630. The van der Waals surface area contributed by atoms with E-state index in [0.717, 1.165) is 11.3 Å². The van der Waals surface area contributed by atoms with Gasteiger partial charge in [-0.2, -0.15) is 0 Å². The molecule has 0 saturated heterocycles. The van der Waals surface area contributed by atoms with E-state index < -0.39 is 0 Å². The molecule has 0 aliphatic carbocycles. The van der Waals surface area contributed by atoms with Crippen molar-refractivity contribution in [2.45, 2.75) is 0 Å². The van der Waals surface area contributed by atoms with Gasteiger partial charge in [0.2, 0.25) is 5.91 Å². The zero-order valence-corrected chi connectivity index (χ0v) is 12.9. The van der Waals surface area contributed by atoms with Crippen molar-refractivity contribution in [1.82, 2.24) is 4.90 Å². The molecule has 1 aromatic rings. The summed E-state index contributed by atoms with van der Waals surface area (Å²) >= 11 is 0. The van der Waals surface area contributed by atoms with Crippen LogP contribution >= 0.6 is 0 Å². The normalized spacial score (nSPS) is 10.8. The van der Waals surface area contributed by atoms with Gasteiger partial charge < -0.3 is 19.1 Å². The molecule has 116 valence electrons. The van der Waals surface area contributed by atoms with Crippen LogP contribution < -0.4 is 4.74 Å². The highest BCUT2D eigenvalue weighted by Crippen LogP contribution is 2.13. The molecule has 0 saturated carbocycles. The largest absolute Gasteiger partial charge is 0.497 e. The van der Waals surface area contributed by atoms with Crippen LogP contribution in [0.1, 0.15) is 5.56 Å². The third-order valence-electron chi connectivity index (χ3n) is 2.95. The lowest BCUT2D eigenvalue weighted by Crippen LogP contribution is -2.35. The average Bonchev–Trinajstić information content (AvgIpc) is 2.53. The molecule has 0 unspecified atom stereocenters. The van der Waals surface area contributed by atoms with Crippen molar-refractivity contribution in [3.8, 4) is 5.75 Å². The molecule has 1 amide bonds. The molecule has 0 fully saturated rings. The fraction of sp³-hybridized carbons (Fsp3) is 0.438. The van der Waals surface area contributed by atoms with E-state index in [4.69, 9.17) is 14.2 Å². The van der Waals surface area contributed by atoms with Crippen LogP contribution in [0, 0.1) is 0 Å². The molecule has 1 aromatic carbocycles. The summed E-state index contributed by atoms with van der Waals surface area (Å²) in [6.45, 7) is 2.09. The van der Waals surface area contributed by atoms with E-state index in [1.807, 2.05) is 24.3 Å². The molecule has 0 bridgehead atoms. The Balaban J connectivity index is 2.67. The molecule has 0 aromatic heterocycles. The van der Waals surface area contributed by atoms with Crippen LogP contribution in [0.15, 0.2) is 30.3 Å². The number of rotatable bonds is 9. The van der Waals surface area contributed by atoms with Crippen molar-refractivity contribution in [3.05, 3.63) is 35.9 Å². The fourth-order valence-corrected chi connectivity index (χ4v) is 1.75. The molecule has 0 atom stereocenters. The van der Waals surface area contributed by atoms with Crippen molar-refractivity contribution >= 4 is 12.0 Å². The monoisotopic (exact) mass is 293 g/mol. The minimum atomic E-state index is -0.0630. The predicted octanol–water partition coefficient (Wildman–Crippen LogP) is 1.83. The van der Waals surface area contributed by atoms with Gasteiger partial charge in [-0.15, -0.1) is 0 Å². The number of hydrogen-bond donors (Lipinski definition) is 0. The van der Waals surface area contributed by atoms with Crippen molar-refractivity contribution in [2.75, 3.05) is 47.6 Å². The second-order valence-electron chi connectivity index (χ2n) is 4.42. The first-order valence-electron chi connectivity index (χ1n) is 6.80. The van der Waals surface area contributed by atoms with E-state index in [-0.39, 0.29) is 5.91 Å². The second kappa shape index (κ2) is 9.96. The van der Waals surface area contributed by atoms with Gasteiger partial charge in [-0.05, 0) is 23.8 Å². The number of nitrogens with zero attached hydrogens (tertiary/aromatic N) is 1. The van der Waals surface area contributed by atoms with Crippen LogP contribution in [0.5, 0.6) is 5.75 Å². The minimum Gasteiger partial charge on any atom is -0.497 e. The van der Waals surface area contributed by atoms with E-state index >= 15 is 0 Å². The molecule has 0 spiro atoms. The molecule has 0 radical (unpaired) electrons. The highest BCUT2D eigenvalue weighted by atomic mass is 16.5. The van der Waals surface area contributed by atoms with Gasteiger partial charge in [-0.25, -0.2) is 0 Å². The average molecular weight is 293 g/mol. The number of carbonyl (C=O) groups is 1. The maximum absolute atomic E-state index is 12.2. The smallest absolute Gasteiger partial charge is 0.246 e. The highest BCUT2D eigenvalue weighted by Gasteiger charge is 2.09. The van der Waals surface area contributed by atoms with Gasteiger partial charge in [0.25, 0.3) is 0 Å². The number of ether oxygens (including phenoxy) is 3. The van der Waals surface area contributed by atoms with Crippen molar-refractivity contribution < 1.29 is 19.0 Å². The maximum Gasteiger partial charge on any atom is 0.246 e. The summed E-state index contributed by atoms with van der Waals surface area (Å²) in [7, 11) is 4.85. The zero-order chi connectivity index (χ0) is 15.5. The van der Waals surface area contributed by atoms with Gasteiger partial charge in [-0.1, -0.05) is 12.1 Å².